The number of aliphatic hydroxyl groups is 4. The minimum atomic E-state index is -1.45. The lowest BCUT2D eigenvalue weighted by Gasteiger charge is -2.39. The quantitative estimate of drug-likeness (QED) is 0.555. The molecule has 0 aliphatic carbocycles. The van der Waals surface area contributed by atoms with Crippen molar-refractivity contribution in [2.45, 2.75) is 30.7 Å². The lowest BCUT2D eigenvalue weighted by Crippen LogP contribution is -2.60. The maximum atomic E-state index is 9.82. The normalized spacial score (nSPS) is 33.8. The van der Waals surface area contributed by atoms with Crippen LogP contribution in [-0.2, 0) is 4.74 Å². The third kappa shape index (κ3) is 3.02. The van der Waals surface area contributed by atoms with Gasteiger partial charge in [-0.15, -0.1) is 0 Å². The van der Waals surface area contributed by atoms with Gasteiger partial charge in [-0.1, -0.05) is 0 Å². The van der Waals surface area contributed by atoms with Crippen molar-refractivity contribution >= 4 is 0 Å². The Kier molecular flexibility index (Phi) is 4.79. The molecular formula is C13H18O7. The zero-order valence-corrected chi connectivity index (χ0v) is 10.9. The predicted octanol–water partition coefficient (Wildman–Crippen LogP) is -1.13. The molecule has 0 spiro atoms. The smallest absolute Gasteiger partial charge is 0.229 e. The Morgan fingerprint density at radius 3 is 2.15 bits per heavy atom. The Morgan fingerprint density at radius 1 is 1.00 bits per heavy atom. The first-order valence-electron chi connectivity index (χ1n) is 6.18. The van der Waals surface area contributed by atoms with Crippen LogP contribution in [0.3, 0.4) is 0 Å². The van der Waals surface area contributed by atoms with Gasteiger partial charge in [-0.2, -0.15) is 0 Å². The molecule has 1 saturated heterocycles. The molecule has 0 amide bonds. The summed E-state index contributed by atoms with van der Waals surface area (Å²) in [5, 5.41) is 38.2. The Labute approximate surface area is 115 Å². The van der Waals surface area contributed by atoms with E-state index in [1.54, 1.807) is 24.3 Å². The monoisotopic (exact) mass is 286 g/mol. The van der Waals surface area contributed by atoms with E-state index in [1.807, 2.05) is 0 Å². The zero-order chi connectivity index (χ0) is 14.7. The van der Waals surface area contributed by atoms with Crippen molar-refractivity contribution in [3.63, 3.8) is 0 Å². The van der Waals surface area contributed by atoms with Gasteiger partial charge >= 0.3 is 0 Å². The summed E-state index contributed by atoms with van der Waals surface area (Å²) in [5.41, 5.74) is 0. The van der Waals surface area contributed by atoms with Crippen molar-refractivity contribution in [1.29, 1.82) is 0 Å². The first-order valence-corrected chi connectivity index (χ1v) is 6.18. The van der Waals surface area contributed by atoms with Gasteiger partial charge in [0.05, 0.1) is 13.7 Å². The fraction of sp³-hybridized carbons (Fsp3) is 0.538. The third-order valence-electron chi connectivity index (χ3n) is 3.16. The van der Waals surface area contributed by atoms with Crippen molar-refractivity contribution < 1.29 is 34.6 Å². The van der Waals surface area contributed by atoms with E-state index in [0.29, 0.717) is 11.5 Å². The van der Waals surface area contributed by atoms with E-state index in [-0.39, 0.29) is 0 Å². The third-order valence-corrected chi connectivity index (χ3v) is 3.16. The summed E-state index contributed by atoms with van der Waals surface area (Å²) in [6.07, 6.45) is -6.44. The Morgan fingerprint density at radius 2 is 1.60 bits per heavy atom. The Hall–Kier alpha value is -1.38. The van der Waals surface area contributed by atoms with E-state index in [9.17, 15) is 15.3 Å². The average Bonchev–Trinajstić information content (AvgIpc) is 2.48. The number of benzene rings is 1. The van der Waals surface area contributed by atoms with E-state index in [4.69, 9.17) is 19.3 Å². The summed E-state index contributed by atoms with van der Waals surface area (Å²) < 4.78 is 15.6. The van der Waals surface area contributed by atoms with Gasteiger partial charge in [-0.05, 0) is 24.3 Å². The lowest BCUT2D eigenvalue weighted by atomic mass is 9.99. The van der Waals surface area contributed by atoms with E-state index in [1.165, 1.54) is 7.11 Å². The van der Waals surface area contributed by atoms with E-state index in [2.05, 4.69) is 0 Å². The second kappa shape index (κ2) is 6.38. The molecule has 0 aromatic heterocycles. The molecule has 112 valence electrons. The first-order chi connectivity index (χ1) is 9.56. The highest BCUT2D eigenvalue weighted by Crippen LogP contribution is 2.25. The van der Waals surface area contributed by atoms with Gasteiger partial charge in [0.2, 0.25) is 6.29 Å². The predicted molar refractivity (Wildman–Crippen MR) is 67.4 cm³/mol. The van der Waals surface area contributed by atoms with Gasteiger partial charge in [0.1, 0.15) is 35.9 Å². The van der Waals surface area contributed by atoms with E-state index in [0.717, 1.165) is 0 Å². The summed E-state index contributed by atoms with van der Waals surface area (Å²) in [4.78, 5) is 0. The van der Waals surface area contributed by atoms with Crippen molar-refractivity contribution in [2.24, 2.45) is 0 Å². The second-order valence-corrected chi connectivity index (χ2v) is 4.49. The second-order valence-electron chi connectivity index (χ2n) is 4.49. The summed E-state index contributed by atoms with van der Waals surface area (Å²) in [5.74, 6) is 1.04. The molecule has 5 atom stereocenters. The number of hydrogen-bond acceptors (Lipinski definition) is 7. The molecule has 20 heavy (non-hydrogen) atoms. The molecular weight excluding hydrogens is 268 g/mol. The highest BCUT2D eigenvalue weighted by atomic mass is 16.7. The van der Waals surface area contributed by atoms with Crippen LogP contribution in [0.4, 0.5) is 0 Å². The van der Waals surface area contributed by atoms with Crippen LogP contribution >= 0.6 is 0 Å². The molecule has 1 aromatic rings. The minimum Gasteiger partial charge on any atom is -0.497 e. The summed E-state index contributed by atoms with van der Waals surface area (Å²) in [6.45, 7) is -0.493. The van der Waals surface area contributed by atoms with Crippen LogP contribution in [0.5, 0.6) is 11.5 Å². The number of methoxy groups -OCH3 is 1. The van der Waals surface area contributed by atoms with Gasteiger partial charge in [-0.3, -0.25) is 0 Å². The van der Waals surface area contributed by atoms with E-state index < -0.39 is 37.3 Å². The molecule has 7 heteroatoms. The molecule has 1 fully saturated rings. The molecule has 1 heterocycles. The summed E-state index contributed by atoms with van der Waals surface area (Å²) in [6, 6.07) is 6.55. The molecule has 0 radical (unpaired) electrons. The summed E-state index contributed by atoms with van der Waals surface area (Å²) >= 11 is 0. The van der Waals surface area contributed by atoms with Crippen LogP contribution < -0.4 is 9.47 Å². The maximum absolute atomic E-state index is 9.82. The molecule has 1 aliphatic heterocycles. The van der Waals surface area contributed by atoms with Crippen molar-refractivity contribution in [2.75, 3.05) is 13.7 Å². The van der Waals surface area contributed by atoms with Gasteiger partial charge in [0.25, 0.3) is 0 Å². The summed E-state index contributed by atoms with van der Waals surface area (Å²) in [7, 11) is 1.54. The molecule has 4 N–H and O–H groups in total. The Balaban J connectivity index is 2.06. The van der Waals surface area contributed by atoms with Gasteiger partial charge in [-0.25, -0.2) is 0 Å². The van der Waals surface area contributed by atoms with Crippen molar-refractivity contribution in [1.82, 2.24) is 0 Å². The SMILES string of the molecule is COc1ccc(O[C@@H]2OC(CO)[C@H](O)[C@H](O)C2O)cc1. The maximum Gasteiger partial charge on any atom is 0.229 e. The van der Waals surface area contributed by atoms with Crippen molar-refractivity contribution in [3.05, 3.63) is 24.3 Å². The van der Waals surface area contributed by atoms with Crippen LogP contribution in [-0.4, -0.2) is 64.8 Å². The fourth-order valence-corrected chi connectivity index (χ4v) is 1.95. The fourth-order valence-electron chi connectivity index (χ4n) is 1.95. The number of aliphatic hydroxyl groups excluding tert-OH is 4. The Bertz CT molecular complexity index is 419. The topological polar surface area (TPSA) is 109 Å². The van der Waals surface area contributed by atoms with Crippen molar-refractivity contribution in [3.8, 4) is 11.5 Å². The largest absolute Gasteiger partial charge is 0.497 e. The molecule has 0 bridgehead atoms. The van der Waals surface area contributed by atoms with Gasteiger partial charge in [0.15, 0.2) is 0 Å². The van der Waals surface area contributed by atoms with Crippen LogP contribution in [0.15, 0.2) is 24.3 Å². The van der Waals surface area contributed by atoms with Gasteiger partial charge < -0.3 is 34.6 Å². The van der Waals surface area contributed by atoms with Crippen LogP contribution in [0, 0.1) is 0 Å². The number of rotatable bonds is 4. The lowest BCUT2D eigenvalue weighted by molar-refractivity contribution is -0.277. The molecule has 7 nitrogen and oxygen atoms in total. The highest BCUT2D eigenvalue weighted by Gasteiger charge is 2.44. The molecule has 2 rings (SSSR count). The van der Waals surface area contributed by atoms with Crippen LogP contribution in [0.2, 0.25) is 0 Å². The van der Waals surface area contributed by atoms with Crippen LogP contribution in [0.25, 0.3) is 0 Å². The highest BCUT2D eigenvalue weighted by molar-refractivity contribution is 5.31. The standard InChI is InChI=1S/C13H18O7/c1-18-7-2-4-8(5-3-7)19-13-12(17)11(16)10(15)9(6-14)20-13/h2-5,9-17H,6H2,1H3/t9?,10-,11-,12?,13+/m0/s1. The first kappa shape index (κ1) is 15.0. The molecule has 0 saturated carbocycles. The van der Waals surface area contributed by atoms with Gasteiger partial charge in [0, 0.05) is 0 Å². The molecule has 1 aliphatic rings. The average molecular weight is 286 g/mol. The molecule has 2 unspecified atom stereocenters. The molecule has 1 aromatic carbocycles. The van der Waals surface area contributed by atoms with E-state index >= 15 is 0 Å². The van der Waals surface area contributed by atoms with Crippen LogP contribution in [0.1, 0.15) is 0 Å². The zero-order valence-electron chi connectivity index (χ0n) is 10.9. The number of ether oxygens (including phenoxy) is 3. The minimum absolute atomic E-state index is 0.398. The number of hydrogen-bond donors (Lipinski definition) is 4.